The van der Waals surface area contributed by atoms with E-state index in [0.717, 1.165) is 24.8 Å². The summed E-state index contributed by atoms with van der Waals surface area (Å²) in [6.07, 6.45) is 8.28. The molecule has 4 bridgehead atoms. The molecule has 4 fully saturated rings. The van der Waals surface area contributed by atoms with E-state index in [1.807, 2.05) is 24.3 Å². The Hall–Kier alpha value is -2.08. The van der Waals surface area contributed by atoms with Crippen LogP contribution in [0.3, 0.4) is 0 Å². The molecule has 2 atom stereocenters. The van der Waals surface area contributed by atoms with Gasteiger partial charge in [0, 0.05) is 16.6 Å². The number of hydrogen-bond donors (Lipinski definition) is 2. The number of carbonyl (C=O) groups excluding carboxylic acids is 2. The second-order valence-corrected chi connectivity index (χ2v) is 10.9. The minimum Gasteiger partial charge on any atom is -0.459 e. The first-order valence-corrected chi connectivity index (χ1v) is 11.1. The fraction of sp³-hybridized carbons (Fsp3) is 0.478. The van der Waals surface area contributed by atoms with Gasteiger partial charge in [0.25, 0.3) is 5.91 Å². The van der Waals surface area contributed by atoms with Crippen LogP contribution in [0.2, 0.25) is 0 Å². The summed E-state index contributed by atoms with van der Waals surface area (Å²) in [5.41, 5.74) is 1.53. The number of anilines is 1. The van der Waals surface area contributed by atoms with Crippen molar-refractivity contribution in [2.75, 3.05) is 5.32 Å². The second-order valence-electron chi connectivity index (χ2n) is 9.20. The maximum Gasteiger partial charge on any atom is 0.291 e. The van der Waals surface area contributed by atoms with Gasteiger partial charge < -0.3 is 15.1 Å². The van der Waals surface area contributed by atoms with Gasteiger partial charge in [0.1, 0.15) is 0 Å². The van der Waals surface area contributed by atoms with Gasteiger partial charge in [-0.1, -0.05) is 28.1 Å². The normalized spacial score (nSPS) is 32.2. The smallest absolute Gasteiger partial charge is 0.291 e. The Labute approximate surface area is 178 Å². The third-order valence-corrected chi connectivity index (χ3v) is 7.81. The standard InChI is InChI=1S/C23H25BrN2O3/c24-23-11-16-8-17(12-23)10-22(9-16,14-23)21(28)25-13-15-3-5-18(6-4-15)26-20(27)19-2-1-7-29-19/h1-7,16-17H,8-14H2,(H,25,28)(H,26,27). The van der Waals surface area contributed by atoms with E-state index in [4.69, 9.17) is 4.42 Å². The zero-order valence-electron chi connectivity index (χ0n) is 16.2. The van der Waals surface area contributed by atoms with Crippen LogP contribution in [0, 0.1) is 17.3 Å². The van der Waals surface area contributed by atoms with Crippen molar-refractivity contribution < 1.29 is 14.0 Å². The number of furan rings is 1. The van der Waals surface area contributed by atoms with Crippen LogP contribution in [0.15, 0.2) is 47.1 Å². The van der Waals surface area contributed by atoms with Crippen molar-refractivity contribution >= 4 is 33.4 Å². The molecule has 1 aromatic carbocycles. The number of benzene rings is 1. The Kier molecular flexibility index (Phi) is 4.57. The quantitative estimate of drug-likeness (QED) is 0.629. The molecule has 2 amide bonds. The van der Waals surface area contributed by atoms with Gasteiger partial charge in [-0.2, -0.15) is 0 Å². The molecular formula is C23H25BrN2O3. The maximum atomic E-state index is 13.2. The average Bonchev–Trinajstić information content (AvgIpc) is 3.20. The third-order valence-electron chi connectivity index (χ3n) is 6.88. The van der Waals surface area contributed by atoms with E-state index < -0.39 is 0 Å². The van der Waals surface area contributed by atoms with E-state index in [2.05, 4.69) is 26.6 Å². The molecule has 4 saturated carbocycles. The fourth-order valence-electron chi connectivity index (χ4n) is 6.09. The first-order valence-electron chi connectivity index (χ1n) is 10.3. The Morgan fingerprint density at radius 2 is 1.79 bits per heavy atom. The number of carbonyl (C=O) groups is 2. The summed E-state index contributed by atoms with van der Waals surface area (Å²) in [4.78, 5) is 25.2. The van der Waals surface area contributed by atoms with Gasteiger partial charge in [-0.05, 0) is 80.2 Å². The van der Waals surface area contributed by atoms with Crippen LogP contribution in [0.5, 0.6) is 0 Å². The van der Waals surface area contributed by atoms with E-state index in [0.29, 0.717) is 24.1 Å². The highest BCUT2D eigenvalue weighted by molar-refractivity contribution is 9.10. The van der Waals surface area contributed by atoms with Crippen LogP contribution < -0.4 is 10.6 Å². The van der Waals surface area contributed by atoms with Crippen LogP contribution in [0.4, 0.5) is 5.69 Å². The van der Waals surface area contributed by atoms with Crippen molar-refractivity contribution in [2.45, 2.75) is 49.4 Å². The van der Waals surface area contributed by atoms with Crippen molar-refractivity contribution in [3.8, 4) is 0 Å². The minimum atomic E-state index is -0.276. The van der Waals surface area contributed by atoms with Crippen LogP contribution in [0.1, 0.15) is 54.6 Å². The van der Waals surface area contributed by atoms with Gasteiger partial charge in [-0.3, -0.25) is 9.59 Å². The summed E-state index contributed by atoms with van der Waals surface area (Å²) in [7, 11) is 0. The zero-order chi connectivity index (χ0) is 20.1. The number of rotatable bonds is 5. The molecule has 6 rings (SSSR count). The lowest BCUT2D eigenvalue weighted by Crippen LogP contribution is -2.58. The summed E-state index contributed by atoms with van der Waals surface area (Å²) in [6.45, 7) is 0.512. The van der Waals surface area contributed by atoms with Crippen LogP contribution in [0.25, 0.3) is 0 Å². The summed E-state index contributed by atoms with van der Waals surface area (Å²) in [5, 5.41) is 6.00. The number of nitrogens with one attached hydrogen (secondary N) is 2. The van der Waals surface area contributed by atoms with Crippen molar-refractivity contribution in [3.63, 3.8) is 0 Å². The minimum absolute atomic E-state index is 0.183. The Balaban J connectivity index is 1.19. The molecule has 0 spiro atoms. The van der Waals surface area contributed by atoms with Gasteiger partial charge in [0.2, 0.25) is 5.91 Å². The lowest BCUT2D eigenvalue weighted by Gasteiger charge is -2.59. The van der Waals surface area contributed by atoms with Gasteiger partial charge in [0.15, 0.2) is 5.76 Å². The molecule has 6 heteroatoms. The third kappa shape index (κ3) is 3.63. The molecule has 4 aliphatic rings. The highest BCUT2D eigenvalue weighted by atomic mass is 79.9. The SMILES string of the molecule is O=C(Nc1ccc(CNC(=O)C23CC4CC(CC(Br)(C4)C2)C3)cc1)c1ccco1. The first kappa shape index (κ1) is 18.9. The summed E-state index contributed by atoms with van der Waals surface area (Å²) in [6, 6.07) is 10.9. The molecule has 5 nitrogen and oxygen atoms in total. The molecule has 4 aliphatic carbocycles. The van der Waals surface area contributed by atoms with Crippen LogP contribution in [-0.2, 0) is 11.3 Å². The molecule has 2 N–H and O–H groups in total. The van der Waals surface area contributed by atoms with Crippen LogP contribution in [-0.4, -0.2) is 16.1 Å². The molecule has 0 radical (unpaired) electrons. The summed E-state index contributed by atoms with van der Waals surface area (Å²) in [5.74, 6) is 1.60. The van der Waals surface area contributed by atoms with Crippen molar-refractivity contribution in [3.05, 3.63) is 54.0 Å². The average molecular weight is 457 g/mol. The predicted octanol–water partition coefficient (Wildman–Crippen LogP) is 4.88. The van der Waals surface area contributed by atoms with Crippen molar-refractivity contribution in [2.24, 2.45) is 17.3 Å². The maximum absolute atomic E-state index is 13.2. The van der Waals surface area contributed by atoms with E-state index in [9.17, 15) is 9.59 Å². The molecule has 152 valence electrons. The molecule has 0 saturated heterocycles. The monoisotopic (exact) mass is 456 g/mol. The highest BCUT2D eigenvalue weighted by Gasteiger charge is 2.59. The van der Waals surface area contributed by atoms with E-state index in [-0.39, 0.29) is 27.3 Å². The van der Waals surface area contributed by atoms with Crippen molar-refractivity contribution in [1.82, 2.24) is 5.32 Å². The Morgan fingerprint density at radius 1 is 1.07 bits per heavy atom. The molecule has 2 aromatic rings. The fourth-order valence-corrected chi connectivity index (χ4v) is 7.55. The van der Waals surface area contributed by atoms with Gasteiger partial charge >= 0.3 is 0 Å². The predicted molar refractivity (Wildman–Crippen MR) is 114 cm³/mol. The molecular weight excluding hydrogens is 432 g/mol. The van der Waals surface area contributed by atoms with Crippen LogP contribution >= 0.6 is 15.9 Å². The lowest BCUT2D eigenvalue weighted by molar-refractivity contribution is -0.144. The number of halogens is 1. The molecule has 29 heavy (non-hydrogen) atoms. The van der Waals surface area contributed by atoms with Crippen molar-refractivity contribution in [1.29, 1.82) is 0 Å². The van der Waals surface area contributed by atoms with Gasteiger partial charge in [0.05, 0.1) is 11.7 Å². The molecule has 2 unspecified atom stereocenters. The topological polar surface area (TPSA) is 71.3 Å². The summed E-state index contributed by atoms with van der Waals surface area (Å²) >= 11 is 3.98. The number of amides is 2. The Bertz CT molecular complexity index is 908. The second kappa shape index (κ2) is 7.01. The molecule has 1 heterocycles. The first-order chi connectivity index (χ1) is 13.9. The Morgan fingerprint density at radius 3 is 2.41 bits per heavy atom. The number of hydrogen-bond acceptors (Lipinski definition) is 3. The van der Waals surface area contributed by atoms with E-state index >= 15 is 0 Å². The van der Waals surface area contributed by atoms with E-state index in [1.54, 1.807) is 12.1 Å². The molecule has 1 aromatic heterocycles. The van der Waals surface area contributed by atoms with Gasteiger partial charge in [-0.25, -0.2) is 0 Å². The van der Waals surface area contributed by atoms with Gasteiger partial charge in [-0.15, -0.1) is 0 Å². The molecule has 0 aliphatic heterocycles. The summed E-state index contributed by atoms with van der Waals surface area (Å²) < 4.78 is 5.28. The highest BCUT2D eigenvalue weighted by Crippen LogP contribution is 2.64. The largest absolute Gasteiger partial charge is 0.459 e. The van der Waals surface area contributed by atoms with E-state index in [1.165, 1.54) is 25.5 Å². The number of alkyl halides is 1. The zero-order valence-corrected chi connectivity index (χ0v) is 17.8. The lowest BCUT2D eigenvalue weighted by atomic mass is 9.49.